The molecule has 0 bridgehead atoms. The Morgan fingerprint density at radius 2 is 1.91 bits per heavy atom. The Labute approximate surface area is 141 Å². The lowest BCUT2D eigenvalue weighted by molar-refractivity contribution is -0.139. The van der Waals surface area contributed by atoms with Gasteiger partial charge in [0.05, 0.1) is 11.6 Å². The second-order valence-corrected chi connectivity index (χ2v) is 5.80. The number of amides is 1. The molecule has 2 aromatic carbocycles. The van der Waals surface area contributed by atoms with Crippen LogP contribution in [0, 0.1) is 11.3 Å². The van der Waals surface area contributed by atoms with E-state index in [4.69, 9.17) is 5.26 Å². The molecule has 2 aromatic rings. The highest BCUT2D eigenvalue weighted by Gasteiger charge is 2.21. The minimum atomic E-state index is -1.11. The molecule has 0 saturated heterocycles. The molecule has 1 amide bonds. The van der Waals surface area contributed by atoms with Crippen molar-refractivity contribution in [1.82, 2.24) is 5.32 Å². The van der Waals surface area contributed by atoms with Crippen LogP contribution >= 0.6 is 15.9 Å². The van der Waals surface area contributed by atoms with Gasteiger partial charge < -0.3 is 10.4 Å². The number of carboxylic acid groups (broad SMARTS) is 1. The number of nitrogens with one attached hydrogen (secondary N) is 1. The number of carbonyl (C=O) groups excluding carboxylic acids is 1. The molecule has 0 fully saturated rings. The van der Waals surface area contributed by atoms with Crippen LogP contribution in [-0.2, 0) is 11.2 Å². The first-order chi connectivity index (χ1) is 11.0. The van der Waals surface area contributed by atoms with Gasteiger partial charge in [0.15, 0.2) is 0 Å². The van der Waals surface area contributed by atoms with Crippen molar-refractivity contribution in [3.8, 4) is 6.07 Å². The number of nitrogens with zero attached hydrogens (tertiary/aromatic N) is 1. The highest BCUT2D eigenvalue weighted by molar-refractivity contribution is 9.10. The van der Waals surface area contributed by atoms with Crippen molar-refractivity contribution in [3.63, 3.8) is 0 Å². The predicted molar refractivity (Wildman–Crippen MR) is 87.9 cm³/mol. The lowest BCUT2D eigenvalue weighted by Crippen LogP contribution is -2.42. The van der Waals surface area contributed by atoms with Crippen molar-refractivity contribution in [2.24, 2.45) is 0 Å². The number of nitriles is 1. The van der Waals surface area contributed by atoms with E-state index in [1.54, 1.807) is 48.5 Å². The summed E-state index contributed by atoms with van der Waals surface area (Å²) >= 11 is 3.27. The number of rotatable bonds is 5. The first kappa shape index (κ1) is 16.7. The summed E-state index contributed by atoms with van der Waals surface area (Å²) < 4.78 is 0.740. The number of halogens is 1. The molecule has 0 aromatic heterocycles. The van der Waals surface area contributed by atoms with Gasteiger partial charge in [0.25, 0.3) is 5.91 Å². The van der Waals surface area contributed by atoms with E-state index < -0.39 is 17.9 Å². The van der Waals surface area contributed by atoms with Crippen LogP contribution < -0.4 is 5.32 Å². The SMILES string of the molecule is N#Cc1ccc(C[C@H](NC(=O)c2cccc(Br)c2)C(=O)O)cc1. The van der Waals surface area contributed by atoms with E-state index in [1.807, 2.05) is 6.07 Å². The van der Waals surface area contributed by atoms with Gasteiger partial charge in [-0.05, 0) is 35.9 Å². The van der Waals surface area contributed by atoms with Crippen LogP contribution in [0.15, 0.2) is 53.0 Å². The maximum absolute atomic E-state index is 12.2. The number of hydrogen-bond acceptors (Lipinski definition) is 3. The standard InChI is InChI=1S/C17H13BrN2O3/c18-14-3-1-2-13(9-14)16(21)20-15(17(22)23)8-11-4-6-12(10-19)7-5-11/h1-7,9,15H,8H2,(H,20,21)(H,22,23)/t15-/m0/s1. The maximum Gasteiger partial charge on any atom is 0.326 e. The van der Waals surface area contributed by atoms with Crippen LogP contribution in [0.3, 0.4) is 0 Å². The molecule has 0 saturated carbocycles. The zero-order chi connectivity index (χ0) is 16.8. The van der Waals surface area contributed by atoms with Crippen molar-refractivity contribution in [2.45, 2.75) is 12.5 Å². The van der Waals surface area contributed by atoms with E-state index in [0.29, 0.717) is 11.1 Å². The van der Waals surface area contributed by atoms with Gasteiger partial charge in [-0.15, -0.1) is 0 Å². The summed E-state index contributed by atoms with van der Waals surface area (Å²) in [4.78, 5) is 23.5. The molecule has 0 aliphatic heterocycles. The number of aliphatic carboxylic acids is 1. The van der Waals surface area contributed by atoms with Crippen LogP contribution in [0.4, 0.5) is 0 Å². The number of hydrogen-bond donors (Lipinski definition) is 2. The molecule has 0 radical (unpaired) electrons. The third-order valence-electron chi connectivity index (χ3n) is 3.21. The first-order valence-electron chi connectivity index (χ1n) is 6.78. The Bertz CT molecular complexity index is 766. The normalized spacial score (nSPS) is 11.3. The minimum absolute atomic E-state index is 0.140. The summed E-state index contributed by atoms with van der Waals surface area (Å²) in [5, 5.41) is 20.6. The van der Waals surface area contributed by atoms with E-state index in [0.717, 1.165) is 10.0 Å². The molecule has 2 N–H and O–H groups in total. The van der Waals surface area contributed by atoms with Gasteiger partial charge in [-0.3, -0.25) is 4.79 Å². The second kappa shape index (κ2) is 7.56. The van der Waals surface area contributed by atoms with Crippen LogP contribution in [0.5, 0.6) is 0 Å². The lowest BCUT2D eigenvalue weighted by Gasteiger charge is -2.15. The molecule has 116 valence electrons. The quantitative estimate of drug-likeness (QED) is 0.843. The smallest absolute Gasteiger partial charge is 0.326 e. The fraction of sp³-hybridized carbons (Fsp3) is 0.118. The molecule has 2 rings (SSSR count). The molecule has 0 aliphatic carbocycles. The summed E-state index contributed by atoms with van der Waals surface area (Å²) in [5.74, 6) is -1.56. The van der Waals surface area contributed by atoms with Gasteiger partial charge in [-0.25, -0.2) is 4.79 Å². The monoisotopic (exact) mass is 372 g/mol. The molecule has 6 heteroatoms. The molecular weight excluding hydrogens is 360 g/mol. The topological polar surface area (TPSA) is 90.2 Å². The van der Waals surface area contributed by atoms with Crippen LogP contribution in [-0.4, -0.2) is 23.0 Å². The highest BCUT2D eigenvalue weighted by Crippen LogP contribution is 2.12. The summed E-state index contributed by atoms with van der Waals surface area (Å²) in [5.41, 5.74) is 1.61. The van der Waals surface area contributed by atoms with Crippen LogP contribution in [0.1, 0.15) is 21.5 Å². The molecule has 0 aliphatic rings. The summed E-state index contributed by atoms with van der Waals surface area (Å²) in [6.45, 7) is 0. The van der Waals surface area contributed by atoms with E-state index in [1.165, 1.54) is 0 Å². The van der Waals surface area contributed by atoms with Crippen LogP contribution in [0.25, 0.3) is 0 Å². The molecule has 0 spiro atoms. The Balaban J connectivity index is 2.10. The summed E-state index contributed by atoms with van der Waals surface area (Å²) in [6, 6.07) is 14.3. The van der Waals surface area contributed by atoms with Crippen molar-refractivity contribution >= 4 is 27.8 Å². The van der Waals surface area contributed by atoms with Crippen molar-refractivity contribution in [1.29, 1.82) is 5.26 Å². The van der Waals surface area contributed by atoms with E-state index in [9.17, 15) is 14.7 Å². The van der Waals surface area contributed by atoms with Gasteiger partial charge in [-0.2, -0.15) is 5.26 Å². The number of carboxylic acids is 1. The van der Waals surface area contributed by atoms with Crippen molar-refractivity contribution < 1.29 is 14.7 Å². The Morgan fingerprint density at radius 3 is 2.48 bits per heavy atom. The number of carbonyl (C=O) groups is 2. The molecule has 23 heavy (non-hydrogen) atoms. The van der Waals surface area contributed by atoms with Gasteiger partial charge >= 0.3 is 5.97 Å². The van der Waals surface area contributed by atoms with Gasteiger partial charge in [0.2, 0.25) is 0 Å². The lowest BCUT2D eigenvalue weighted by atomic mass is 10.0. The molecule has 1 atom stereocenters. The molecular formula is C17H13BrN2O3. The minimum Gasteiger partial charge on any atom is -0.480 e. The highest BCUT2D eigenvalue weighted by atomic mass is 79.9. The first-order valence-corrected chi connectivity index (χ1v) is 7.57. The van der Waals surface area contributed by atoms with Gasteiger partial charge in [0, 0.05) is 16.5 Å². The van der Waals surface area contributed by atoms with Crippen molar-refractivity contribution in [2.75, 3.05) is 0 Å². The fourth-order valence-electron chi connectivity index (χ4n) is 2.02. The van der Waals surface area contributed by atoms with E-state index >= 15 is 0 Å². The molecule has 0 unspecified atom stereocenters. The largest absolute Gasteiger partial charge is 0.480 e. The maximum atomic E-state index is 12.2. The second-order valence-electron chi connectivity index (χ2n) is 4.89. The van der Waals surface area contributed by atoms with Crippen LogP contribution in [0.2, 0.25) is 0 Å². The Hall–Kier alpha value is -2.65. The molecule has 5 nitrogen and oxygen atoms in total. The van der Waals surface area contributed by atoms with E-state index in [2.05, 4.69) is 21.2 Å². The summed E-state index contributed by atoms with van der Waals surface area (Å²) in [6.07, 6.45) is 0.140. The van der Waals surface area contributed by atoms with Gasteiger partial charge in [0.1, 0.15) is 6.04 Å². The zero-order valence-electron chi connectivity index (χ0n) is 12.0. The predicted octanol–water partition coefficient (Wildman–Crippen LogP) is 2.75. The Kier molecular flexibility index (Phi) is 5.50. The Morgan fingerprint density at radius 1 is 1.22 bits per heavy atom. The molecule has 0 heterocycles. The average molecular weight is 373 g/mol. The third-order valence-corrected chi connectivity index (χ3v) is 3.71. The fourth-order valence-corrected chi connectivity index (χ4v) is 2.42. The third kappa shape index (κ3) is 4.66. The van der Waals surface area contributed by atoms with Crippen molar-refractivity contribution in [3.05, 3.63) is 69.7 Å². The average Bonchev–Trinajstić information content (AvgIpc) is 2.54. The number of benzene rings is 2. The van der Waals surface area contributed by atoms with E-state index in [-0.39, 0.29) is 6.42 Å². The summed E-state index contributed by atoms with van der Waals surface area (Å²) in [7, 11) is 0. The van der Waals surface area contributed by atoms with Gasteiger partial charge in [-0.1, -0.05) is 34.1 Å². The zero-order valence-corrected chi connectivity index (χ0v) is 13.6.